The van der Waals surface area contributed by atoms with Gasteiger partial charge in [0.2, 0.25) is 0 Å². The third kappa shape index (κ3) is 2.20. The smallest absolute Gasteiger partial charge is 0.130 e. The van der Waals surface area contributed by atoms with Crippen LogP contribution in [0.5, 0.6) is 0 Å². The summed E-state index contributed by atoms with van der Waals surface area (Å²) in [5.74, 6) is -0.996. The summed E-state index contributed by atoms with van der Waals surface area (Å²) in [4.78, 5) is 0. The largest absolute Gasteiger partial charge is 0.381 e. The van der Waals surface area contributed by atoms with Gasteiger partial charge in [-0.05, 0) is 25.0 Å². The molecule has 2 atom stereocenters. The molecular weight excluding hydrogens is 234 g/mol. The molecule has 0 aliphatic carbocycles. The maximum atomic E-state index is 13.6. The lowest BCUT2D eigenvalue weighted by atomic mass is 9.96. The van der Waals surface area contributed by atoms with Crippen LogP contribution < -0.4 is 0 Å². The Morgan fingerprint density at radius 2 is 2.12 bits per heavy atom. The molecule has 2 rings (SSSR count). The molecule has 2 unspecified atom stereocenters. The molecule has 0 amide bonds. The fourth-order valence-corrected chi connectivity index (χ4v) is 2.29. The van der Waals surface area contributed by atoms with Crippen LogP contribution in [0.15, 0.2) is 12.1 Å². The molecule has 1 aliphatic rings. The topological polar surface area (TPSA) is 9.23 Å². The highest BCUT2D eigenvalue weighted by atomic mass is 35.5. The van der Waals surface area contributed by atoms with Gasteiger partial charge in [0.15, 0.2) is 0 Å². The molecule has 1 heterocycles. The first-order valence-electron chi connectivity index (χ1n) is 5.27. The van der Waals surface area contributed by atoms with Gasteiger partial charge in [0.1, 0.15) is 11.6 Å². The van der Waals surface area contributed by atoms with E-state index in [0.29, 0.717) is 24.3 Å². The molecule has 0 bridgehead atoms. The van der Waals surface area contributed by atoms with E-state index in [4.69, 9.17) is 16.3 Å². The van der Waals surface area contributed by atoms with Crippen molar-refractivity contribution >= 4 is 11.6 Å². The Labute approximate surface area is 98.4 Å². The maximum absolute atomic E-state index is 13.6. The van der Waals surface area contributed by atoms with Gasteiger partial charge in [0.05, 0.1) is 12.0 Å². The van der Waals surface area contributed by atoms with E-state index in [0.717, 1.165) is 12.5 Å². The molecule has 88 valence electrons. The van der Waals surface area contributed by atoms with Gasteiger partial charge in [-0.1, -0.05) is 0 Å². The van der Waals surface area contributed by atoms with Crippen molar-refractivity contribution in [1.29, 1.82) is 0 Å². The monoisotopic (exact) mass is 246 g/mol. The van der Waals surface area contributed by atoms with Crippen molar-refractivity contribution in [3.63, 3.8) is 0 Å². The van der Waals surface area contributed by atoms with Crippen molar-refractivity contribution in [2.45, 2.75) is 18.7 Å². The molecule has 0 spiro atoms. The molecule has 4 heteroatoms. The number of hydrogen-bond acceptors (Lipinski definition) is 1. The Morgan fingerprint density at radius 1 is 1.38 bits per heavy atom. The molecular formula is C12H13ClF2O. The third-order valence-electron chi connectivity index (χ3n) is 2.95. The van der Waals surface area contributed by atoms with Crippen LogP contribution >= 0.6 is 11.6 Å². The quantitative estimate of drug-likeness (QED) is 0.725. The molecule has 1 aliphatic heterocycles. The fraction of sp³-hybridized carbons (Fsp3) is 0.500. The number of rotatable bonds is 2. The van der Waals surface area contributed by atoms with E-state index < -0.39 is 17.0 Å². The lowest BCUT2D eigenvalue weighted by molar-refractivity contribution is 0.185. The first-order valence-corrected chi connectivity index (χ1v) is 5.70. The number of hydrogen-bond donors (Lipinski definition) is 0. The van der Waals surface area contributed by atoms with Gasteiger partial charge in [0, 0.05) is 24.2 Å². The standard InChI is InChI=1S/C12H13ClF2O/c1-7-4-9(11(15)5-10(7)14)12(13)8-2-3-16-6-8/h4-5,8,12H,2-3,6H2,1H3. The first kappa shape index (κ1) is 11.8. The number of alkyl halides is 1. The van der Waals surface area contributed by atoms with Crippen LogP contribution in [-0.2, 0) is 4.74 Å². The van der Waals surface area contributed by atoms with Crippen molar-refractivity contribution in [2.75, 3.05) is 13.2 Å². The van der Waals surface area contributed by atoms with Crippen LogP contribution in [0.4, 0.5) is 8.78 Å². The Bertz CT molecular complexity index is 389. The average Bonchev–Trinajstić information content (AvgIpc) is 2.75. The lowest BCUT2D eigenvalue weighted by Crippen LogP contribution is -2.10. The second kappa shape index (κ2) is 4.68. The van der Waals surface area contributed by atoms with E-state index in [1.165, 1.54) is 6.07 Å². The summed E-state index contributed by atoms with van der Waals surface area (Å²) in [5.41, 5.74) is 0.789. The number of ether oxygens (including phenoxy) is 1. The normalized spacial score (nSPS) is 22.4. The molecule has 1 saturated heterocycles. The van der Waals surface area contributed by atoms with Gasteiger partial charge in [-0.2, -0.15) is 0 Å². The van der Waals surface area contributed by atoms with Crippen LogP contribution in [0.1, 0.15) is 22.9 Å². The zero-order chi connectivity index (χ0) is 11.7. The Morgan fingerprint density at radius 3 is 2.75 bits per heavy atom. The van der Waals surface area contributed by atoms with Crippen molar-refractivity contribution in [3.8, 4) is 0 Å². The maximum Gasteiger partial charge on any atom is 0.130 e. The average molecular weight is 247 g/mol. The van der Waals surface area contributed by atoms with Crippen LogP contribution in [0.25, 0.3) is 0 Å². The highest BCUT2D eigenvalue weighted by molar-refractivity contribution is 6.21. The molecule has 0 saturated carbocycles. The van der Waals surface area contributed by atoms with E-state index in [1.54, 1.807) is 6.92 Å². The Kier molecular flexibility index (Phi) is 3.45. The molecule has 1 nitrogen and oxygen atoms in total. The molecule has 0 N–H and O–H groups in total. The molecule has 1 fully saturated rings. The Balaban J connectivity index is 2.28. The summed E-state index contributed by atoms with van der Waals surface area (Å²) in [6.45, 7) is 2.81. The van der Waals surface area contributed by atoms with Crippen molar-refractivity contribution < 1.29 is 13.5 Å². The van der Waals surface area contributed by atoms with E-state index in [2.05, 4.69) is 0 Å². The van der Waals surface area contributed by atoms with Gasteiger partial charge in [-0.25, -0.2) is 8.78 Å². The van der Waals surface area contributed by atoms with Crippen molar-refractivity contribution in [1.82, 2.24) is 0 Å². The van der Waals surface area contributed by atoms with Crippen LogP contribution in [0.3, 0.4) is 0 Å². The van der Waals surface area contributed by atoms with E-state index >= 15 is 0 Å². The summed E-state index contributed by atoms with van der Waals surface area (Å²) in [6.07, 6.45) is 0.823. The van der Waals surface area contributed by atoms with Crippen molar-refractivity contribution in [2.24, 2.45) is 5.92 Å². The minimum atomic E-state index is -0.574. The number of halogens is 3. The molecule has 0 aromatic heterocycles. The van der Waals surface area contributed by atoms with Gasteiger partial charge in [-0.15, -0.1) is 11.6 Å². The minimum Gasteiger partial charge on any atom is -0.381 e. The second-order valence-electron chi connectivity index (χ2n) is 4.15. The van der Waals surface area contributed by atoms with Crippen LogP contribution in [0, 0.1) is 24.5 Å². The zero-order valence-corrected chi connectivity index (χ0v) is 9.73. The minimum absolute atomic E-state index is 0.112. The SMILES string of the molecule is Cc1cc(C(Cl)C2CCOC2)c(F)cc1F. The summed E-state index contributed by atoms with van der Waals surface area (Å²) in [6, 6.07) is 2.39. The van der Waals surface area contributed by atoms with E-state index in [9.17, 15) is 8.78 Å². The van der Waals surface area contributed by atoms with Gasteiger partial charge >= 0.3 is 0 Å². The highest BCUT2D eigenvalue weighted by Crippen LogP contribution is 2.36. The third-order valence-corrected chi connectivity index (χ3v) is 3.55. The fourth-order valence-electron chi connectivity index (χ4n) is 1.93. The zero-order valence-electron chi connectivity index (χ0n) is 8.97. The summed E-state index contributed by atoms with van der Waals surface area (Å²) in [7, 11) is 0. The van der Waals surface area contributed by atoms with E-state index in [1.807, 2.05) is 0 Å². The lowest BCUT2D eigenvalue weighted by Gasteiger charge is -2.17. The Hall–Kier alpha value is -0.670. The molecule has 1 aromatic carbocycles. The van der Waals surface area contributed by atoms with Crippen LogP contribution in [0.2, 0.25) is 0 Å². The van der Waals surface area contributed by atoms with Gasteiger partial charge in [0.25, 0.3) is 0 Å². The first-order chi connectivity index (χ1) is 7.59. The van der Waals surface area contributed by atoms with Gasteiger partial charge in [-0.3, -0.25) is 0 Å². The predicted molar refractivity (Wildman–Crippen MR) is 58.6 cm³/mol. The van der Waals surface area contributed by atoms with Crippen LogP contribution in [-0.4, -0.2) is 13.2 Å². The summed E-state index contributed by atoms with van der Waals surface area (Å²) in [5, 5.41) is -0.443. The van der Waals surface area contributed by atoms with Crippen molar-refractivity contribution in [3.05, 3.63) is 34.9 Å². The predicted octanol–water partition coefficient (Wildman–Crippen LogP) is 3.59. The second-order valence-corrected chi connectivity index (χ2v) is 4.62. The molecule has 1 aromatic rings. The summed E-state index contributed by atoms with van der Waals surface area (Å²) >= 11 is 6.20. The highest BCUT2D eigenvalue weighted by Gasteiger charge is 2.27. The van der Waals surface area contributed by atoms with Gasteiger partial charge < -0.3 is 4.74 Å². The summed E-state index contributed by atoms with van der Waals surface area (Å²) < 4.78 is 31.9. The molecule has 0 radical (unpaired) electrons. The number of aryl methyl sites for hydroxylation is 1. The molecule has 16 heavy (non-hydrogen) atoms. The number of benzene rings is 1. The van der Waals surface area contributed by atoms with E-state index in [-0.39, 0.29) is 5.92 Å².